The molecule has 2 aromatic rings. The second-order valence-electron chi connectivity index (χ2n) is 5.50. The third-order valence-electron chi connectivity index (χ3n) is 4.00. The molecule has 1 aliphatic heterocycles. The van der Waals surface area contributed by atoms with Gasteiger partial charge in [-0.15, -0.1) is 37.2 Å². The minimum absolute atomic E-state index is 0. The maximum Gasteiger partial charge on any atom is 0.270 e. The maximum atomic E-state index is 10.9. The first-order chi connectivity index (χ1) is 11.1. The van der Waals surface area contributed by atoms with Crippen molar-refractivity contribution in [2.75, 3.05) is 30.8 Å². The maximum absolute atomic E-state index is 10.9. The van der Waals surface area contributed by atoms with E-state index in [9.17, 15) is 10.1 Å². The molecule has 3 N–H and O–H groups in total. The Morgan fingerprint density at radius 3 is 2.62 bits per heavy atom. The molecule has 0 spiro atoms. The zero-order valence-electron chi connectivity index (χ0n) is 14.0. The van der Waals surface area contributed by atoms with Gasteiger partial charge in [0.05, 0.1) is 10.6 Å². The number of rotatable bonds is 4. The molecule has 0 bridgehead atoms. The highest BCUT2D eigenvalue weighted by Crippen LogP contribution is 2.27. The second kappa shape index (κ2) is 10.3. The van der Waals surface area contributed by atoms with Crippen LogP contribution >= 0.6 is 37.2 Å². The van der Waals surface area contributed by atoms with E-state index >= 15 is 0 Å². The number of nitro benzene ring substituents is 1. The van der Waals surface area contributed by atoms with Crippen LogP contribution in [0.2, 0.25) is 0 Å². The average molecular weight is 424 g/mol. The molecule has 0 amide bonds. The molecule has 1 aromatic heterocycles. The number of nitro groups is 1. The molecule has 1 atom stereocenters. The molecule has 1 aromatic carbocycles. The van der Waals surface area contributed by atoms with Gasteiger partial charge in [-0.2, -0.15) is 4.98 Å². The summed E-state index contributed by atoms with van der Waals surface area (Å²) in [4.78, 5) is 21.2. The highest BCUT2D eigenvalue weighted by atomic mass is 35.5. The second-order valence-corrected chi connectivity index (χ2v) is 5.50. The quantitative estimate of drug-likeness (QED) is 0.574. The number of likely N-dealkylation sites (N-methyl/N-ethyl adjacent to an activating group) is 1. The number of benzene rings is 1. The Kier molecular flexibility index (Phi) is 9.58. The van der Waals surface area contributed by atoms with Crippen LogP contribution in [0.1, 0.15) is 6.42 Å². The lowest BCUT2D eigenvalue weighted by Crippen LogP contribution is -2.30. The van der Waals surface area contributed by atoms with E-state index in [-0.39, 0.29) is 48.9 Å². The minimum Gasteiger partial charge on any atom is -0.368 e. The van der Waals surface area contributed by atoms with Crippen molar-refractivity contribution in [3.8, 4) is 11.3 Å². The molecule has 0 unspecified atom stereocenters. The molecule has 1 saturated heterocycles. The molecule has 0 saturated carbocycles. The fourth-order valence-corrected chi connectivity index (χ4v) is 2.75. The number of anilines is 2. The molecular weight excluding hydrogens is 403 g/mol. The zero-order chi connectivity index (χ0) is 16.4. The Balaban J connectivity index is 0.00000208. The van der Waals surface area contributed by atoms with Crippen LogP contribution in [0.25, 0.3) is 11.3 Å². The van der Waals surface area contributed by atoms with Gasteiger partial charge in [-0.3, -0.25) is 10.1 Å². The van der Waals surface area contributed by atoms with Crippen molar-refractivity contribution in [1.29, 1.82) is 0 Å². The molecule has 144 valence electrons. The number of hydrogen-bond acceptors (Lipinski definition) is 7. The number of aromatic nitrogens is 2. The Labute approximate surface area is 170 Å². The van der Waals surface area contributed by atoms with Crippen molar-refractivity contribution >= 4 is 54.7 Å². The number of halogens is 3. The van der Waals surface area contributed by atoms with Crippen molar-refractivity contribution < 1.29 is 4.92 Å². The van der Waals surface area contributed by atoms with Gasteiger partial charge in [0.2, 0.25) is 5.95 Å². The van der Waals surface area contributed by atoms with Crippen molar-refractivity contribution in [1.82, 2.24) is 15.3 Å². The molecule has 0 aliphatic carbocycles. The van der Waals surface area contributed by atoms with Gasteiger partial charge in [-0.1, -0.05) is 12.1 Å². The lowest BCUT2D eigenvalue weighted by Gasteiger charge is -2.18. The summed E-state index contributed by atoms with van der Waals surface area (Å²) in [5.41, 5.74) is 7.10. The van der Waals surface area contributed by atoms with Gasteiger partial charge in [-0.05, 0) is 13.5 Å². The highest BCUT2D eigenvalue weighted by molar-refractivity contribution is 5.86. The van der Waals surface area contributed by atoms with E-state index in [0.29, 0.717) is 17.3 Å². The van der Waals surface area contributed by atoms with Gasteiger partial charge in [0, 0.05) is 42.9 Å². The SMILES string of the molecule is CN[C@@H]1CCN(c2cc(-c3cccc([N+](=O)[O-])c3)nc(N)n2)C1.Cl.Cl.Cl. The summed E-state index contributed by atoms with van der Waals surface area (Å²) >= 11 is 0. The Morgan fingerprint density at radius 2 is 2.00 bits per heavy atom. The summed E-state index contributed by atoms with van der Waals surface area (Å²) in [6.45, 7) is 1.73. The highest BCUT2D eigenvalue weighted by Gasteiger charge is 2.23. The first-order valence-electron chi connectivity index (χ1n) is 7.38. The average Bonchev–Trinajstić information content (AvgIpc) is 3.03. The summed E-state index contributed by atoms with van der Waals surface area (Å²) < 4.78 is 0. The summed E-state index contributed by atoms with van der Waals surface area (Å²) in [7, 11) is 1.94. The third kappa shape index (κ3) is 5.31. The number of non-ortho nitro benzene ring substituents is 1. The van der Waals surface area contributed by atoms with Gasteiger partial charge in [0.15, 0.2) is 0 Å². The molecule has 0 radical (unpaired) electrons. The van der Waals surface area contributed by atoms with Gasteiger partial charge in [0.1, 0.15) is 5.82 Å². The topological polar surface area (TPSA) is 110 Å². The van der Waals surface area contributed by atoms with Crippen LogP contribution in [0.5, 0.6) is 0 Å². The predicted octanol–water partition coefficient (Wildman–Crippen LogP) is 2.70. The number of nitrogen functional groups attached to an aromatic ring is 1. The standard InChI is InChI=1S/C15H18N6O2.3ClH/c1-17-11-5-6-20(9-11)14-8-13(18-15(16)19-14)10-3-2-4-12(7-10)21(22)23;;;/h2-4,7-8,11,17H,5-6,9H2,1H3,(H2,16,18,19);3*1H/t11-;;;/m1.../s1. The van der Waals surface area contributed by atoms with E-state index in [4.69, 9.17) is 5.73 Å². The van der Waals surface area contributed by atoms with Gasteiger partial charge < -0.3 is 16.0 Å². The predicted molar refractivity (Wildman–Crippen MR) is 110 cm³/mol. The number of nitrogens with zero attached hydrogens (tertiary/aromatic N) is 4. The zero-order valence-corrected chi connectivity index (χ0v) is 16.4. The lowest BCUT2D eigenvalue weighted by atomic mass is 10.1. The van der Waals surface area contributed by atoms with E-state index in [1.165, 1.54) is 12.1 Å². The van der Waals surface area contributed by atoms with Crippen LogP contribution < -0.4 is 16.0 Å². The summed E-state index contributed by atoms with van der Waals surface area (Å²) in [5.74, 6) is 0.911. The fourth-order valence-electron chi connectivity index (χ4n) is 2.75. The van der Waals surface area contributed by atoms with Crippen LogP contribution in [-0.4, -0.2) is 41.1 Å². The molecule has 11 heteroatoms. The van der Waals surface area contributed by atoms with Crippen molar-refractivity contribution in [2.24, 2.45) is 0 Å². The summed E-state index contributed by atoms with van der Waals surface area (Å²) in [6.07, 6.45) is 1.03. The number of hydrogen-bond donors (Lipinski definition) is 2. The largest absolute Gasteiger partial charge is 0.368 e. The summed E-state index contributed by atoms with van der Waals surface area (Å²) in [6, 6.07) is 8.61. The summed E-state index contributed by atoms with van der Waals surface area (Å²) in [5, 5.41) is 14.2. The van der Waals surface area contributed by atoms with E-state index in [1.54, 1.807) is 12.1 Å². The van der Waals surface area contributed by atoms with Gasteiger partial charge in [-0.25, -0.2) is 4.98 Å². The van der Waals surface area contributed by atoms with E-state index in [1.807, 2.05) is 13.1 Å². The molecule has 8 nitrogen and oxygen atoms in total. The van der Waals surface area contributed by atoms with Crippen LogP contribution in [0.15, 0.2) is 30.3 Å². The van der Waals surface area contributed by atoms with E-state index < -0.39 is 4.92 Å². The normalized spacial score (nSPS) is 15.4. The lowest BCUT2D eigenvalue weighted by molar-refractivity contribution is -0.384. The number of nitrogens with two attached hydrogens (primary N) is 1. The third-order valence-corrected chi connectivity index (χ3v) is 4.00. The van der Waals surface area contributed by atoms with Crippen LogP contribution in [0.4, 0.5) is 17.5 Å². The molecular formula is C15H21Cl3N6O2. The van der Waals surface area contributed by atoms with Gasteiger partial charge in [0.25, 0.3) is 5.69 Å². The minimum atomic E-state index is -0.424. The molecule has 1 aliphatic rings. The number of nitrogens with one attached hydrogen (secondary N) is 1. The van der Waals surface area contributed by atoms with Crippen LogP contribution in [0.3, 0.4) is 0 Å². The Hall–Kier alpha value is -1.87. The van der Waals surface area contributed by atoms with Crippen molar-refractivity contribution in [2.45, 2.75) is 12.5 Å². The first-order valence-corrected chi connectivity index (χ1v) is 7.38. The van der Waals surface area contributed by atoms with Crippen molar-refractivity contribution in [3.63, 3.8) is 0 Å². The van der Waals surface area contributed by atoms with Crippen LogP contribution in [-0.2, 0) is 0 Å². The molecule has 2 heterocycles. The smallest absolute Gasteiger partial charge is 0.270 e. The van der Waals surface area contributed by atoms with Crippen LogP contribution in [0, 0.1) is 10.1 Å². The molecule has 1 fully saturated rings. The van der Waals surface area contributed by atoms with Crippen molar-refractivity contribution in [3.05, 3.63) is 40.4 Å². The molecule has 26 heavy (non-hydrogen) atoms. The fraction of sp³-hybridized carbons (Fsp3) is 0.333. The van der Waals surface area contributed by atoms with E-state index in [2.05, 4.69) is 20.2 Å². The van der Waals surface area contributed by atoms with E-state index in [0.717, 1.165) is 25.3 Å². The Bertz CT molecular complexity index is 749. The first kappa shape index (κ1) is 24.1. The monoisotopic (exact) mass is 422 g/mol. The van der Waals surface area contributed by atoms with Gasteiger partial charge >= 0.3 is 0 Å². The molecule has 3 rings (SSSR count). The Morgan fingerprint density at radius 1 is 1.27 bits per heavy atom.